The Hall–Kier alpha value is -2.29. The minimum absolute atomic E-state index is 0.0876. The number of aromatic nitrogens is 1. The standard InChI is InChI=1S/C15H8F6N2S/c16-14(17,18)8-5-9(15(19,20)21)7-10(6-8)22-13-11-3-1-2-4-12(11)24-23-13/h1-7H,(H,22,23). The summed E-state index contributed by atoms with van der Waals surface area (Å²) >= 11 is 1.10. The van der Waals surface area contributed by atoms with Gasteiger partial charge in [0.1, 0.15) is 0 Å². The maximum absolute atomic E-state index is 12.9. The van der Waals surface area contributed by atoms with Gasteiger partial charge in [-0.3, -0.25) is 0 Å². The molecular formula is C15H8F6N2S. The Morgan fingerprint density at radius 3 is 2.00 bits per heavy atom. The number of hydrogen-bond acceptors (Lipinski definition) is 3. The molecule has 3 rings (SSSR count). The van der Waals surface area contributed by atoms with Gasteiger partial charge in [0.15, 0.2) is 5.82 Å². The van der Waals surface area contributed by atoms with Gasteiger partial charge in [0.25, 0.3) is 0 Å². The normalized spacial score (nSPS) is 12.6. The predicted molar refractivity (Wildman–Crippen MR) is 79.3 cm³/mol. The van der Waals surface area contributed by atoms with E-state index in [-0.39, 0.29) is 17.6 Å². The lowest BCUT2D eigenvalue weighted by Gasteiger charge is -2.14. The van der Waals surface area contributed by atoms with Crippen LogP contribution in [0.5, 0.6) is 0 Å². The van der Waals surface area contributed by atoms with Crippen molar-refractivity contribution in [1.29, 1.82) is 0 Å². The summed E-state index contributed by atoms with van der Waals surface area (Å²) in [6.45, 7) is 0. The topological polar surface area (TPSA) is 24.9 Å². The molecule has 2 aromatic carbocycles. The van der Waals surface area contributed by atoms with Crippen molar-refractivity contribution >= 4 is 33.1 Å². The van der Waals surface area contributed by atoms with E-state index in [0.29, 0.717) is 17.5 Å². The summed E-state index contributed by atoms with van der Waals surface area (Å²) in [7, 11) is 0. The Labute approximate surface area is 135 Å². The zero-order chi connectivity index (χ0) is 17.5. The first-order chi connectivity index (χ1) is 11.1. The maximum Gasteiger partial charge on any atom is 0.416 e. The molecule has 0 saturated carbocycles. The van der Waals surface area contributed by atoms with Crippen LogP contribution in [0.2, 0.25) is 0 Å². The van der Waals surface area contributed by atoms with Gasteiger partial charge in [-0.2, -0.15) is 30.7 Å². The molecule has 0 fully saturated rings. The lowest BCUT2D eigenvalue weighted by atomic mass is 10.1. The van der Waals surface area contributed by atoms with E-state index >= 15 is 0 Å². The van der Waals surface area contributed by atoms with E-state index in [0.717, 1.165) is 16.2 Å². The van der Waals surface area contributed by atoms with Gasteiger partial charge >= 0.3 is 12.4 Å². The summed E-state index contributed by atoms with van der Waals surface area (Å²) in [5.41, 5.74) is -3.08. The Bertz CT molecular complexity index is 849. The summed E-state index contributed by atoms with van der Waals surface area (Å²) in [5, 5.41) is 3.17. The van der Waals surface area contributed by atoms with Crippen LogP contribution in [0.25, 0.3) is 10.1 Å². The fraction of sp³-hybridized carbons (Fsp3) is 0.133. The second kappa shape index (κ2) is 5.66. The largest absolute Gasteiger partial charge is 0.416 e. The van der Waals surface area contributed by atoms with E-state index in [2.05, 4.69) is 9.69 Å². The lowest BCUT2D eigenvalue weighted by molar-refractivity contribution is -0.143. The van der Waals surface area contributed by atoms with Crippen LogP contribution in [0.4, 0.5) is 37.8 Å². The van der Waals surface area contributed by atoms with Crippen LogP contribution in [0, 0.1) is 0 Å². The van der Waals surface area contributed by atoms with E-state index in [1.54, 1.807) is 24.3 Å². The first-order valence-corrected chi connectivity index (χ1v) is 7.33. The summed E-state index contributed by atoms with van der Waals surface area (Å²) in [6.07, 6.45) is -9.77. The predicted octanol–water partition coefficient (Wildman–Crippen LogP) is 6.08. The second-order valence-corrected chi connectivity index (χ2v) is 5.75. The van der Waals surface area contributed by atoms with E-state index in [1.807, 2.05) is 0 Å². The van der Waals surface area contributed by atoms with Crippen molar-refractivity contribution in [1.82, 2.24) is 4.37 Å². The Kier molecular flexibility index (Phi) is 3.90. The molecule has 0 amide bonds. The quantitative estimate of drug-likeness (QED) is 0.559. The van der Waals surface area contributed by atoms with Crippen molar-refractivity contribution in [3.05, 3.63) is 53.6 Å². The Balaban J connectivity index is 2.07. The number of nitrogens with one attached hydrogen (secondary N) is 1. The highest BCUT2D eigenvalue weighted by Gasteiger charge is 2.37. The zero-order valence-corrected chi connectivity index (χ0v) is 12.5. The monoisotopic (exact) mass is 362 g/mol. The van der Waals surface area contributed by atoms with Crippen molar-refractivity contribution in [3.63, 3.8) is 0 Å². The van der Waals surface area contributed by atoms with Crippen LogP contribution in [-0.2, 0) is 12.4 Å². The number of benzene rings is 2. The van der Waals surface area contributed by atoms with E-state index in [1.165, 1.54) is 0 Å². The van der Waals surface area contributed by atoms with Gasteiger partial charge < -0.3 is 5.32 Å². The molecule has 24 heavy (non-hydrogen) atoms. The smallest absolute Gasteiger partial charge is 0.339 e. The molecule has 0 atom stereocenters. The van der Waals surface area contributed by atoms with E-state index in [4.69, 9.17) is 0 Å². The number of nitrogens with zero attached hydrogens (tertiary/aromatic N) is 1. The molecule has 0 unspecified atom stereocenters. The summed E-state index contributed by atoms with van der Waals surface area (Å²) < 4.78 is 82.0. The highest BCUT2D eigenvalue weighted by Crippen LogP contribution is 2.38. The summed E-state index contributed by atoms with van der Waals surface area (Å²) in [4.78, 5) is 0. The van der Waals surface area contributed by atoms with Gasteiger partial charge in [-0.25, -0.2) is 0 Å². The molecule has 0 radical (unpaired) electrons. The zero-order valence-electron chi connectivity index (χ0n) is 11.7. The van der Waals surface area contributed by atoms with Gasteiger partial charge in [0.05, 0.1) is 15.8 Å². The van der Waals surface area contributed by atoms with Crippen LogP contribution in [0.1, 0.15) is 11.1 Å². The molecule has 1 heterocycles. The average Bonchev–Trinajstić information content (AvgIpc) is 2.89. The molecule has 0 aliphatic heterocycles. The third-order valence-electron chi connectivity index (χ3n) is 3.23. The molecular weight excluding hydrogens is 354 g/mol. The molecule has 0 bridgehead atoms. The number of fused-ring (bicyclic) bond motifs is 1. The van der Waals surface area contributed by atoms with Gasteiger partial charge in [0, 0.05) is 11.1 Å². The minimum Gasteiger partial charge on any atom is -0.339 e. The molecule has 0 aliphatic carbocycles. The molecule has 2 nitrogen and oxygen atoms in total. The molecule has 9 heteroatoms. The van der Waals surface area contributed by atoms with Gasteiger partial charge in [0.2, 0.25) is 0 Å². The fourth-order valence-corrected chi connectivity index (χ4v) is 2.88. The number of anilines is 2. The molecule has 0 saturated heterocycles. The van der Waals surface area contributed by atoms with Gasteiger partial charge in [-0.05, 0) is 41.9 Å². The van der Waals surface area contributed by atoms with Crippen LogP contribution < -0.4 is 5.32 Å². The molecule has 1 N–H and O–H groups in total. The van der Waals surface area contributed by atoms with Gasteiger partial charge in [-0.15, -0.1) is 0 Å². The number of halogens is 6. The number of alkyl halides is 6. The molecule has 3 aromatic rings. The molecule has 1 aromatic heterocycles. The van der Waals surface area contributed by atoms with Crippen molar-refractivity contribution in [2.75, 3.05) is 5.32 Å². The highest BCUT2D eigenvalue weighted by atomic mass is 32.1. The van der Waals surface area contributed by atoms with Crippen molar-refractivity contribution in [2.45, 2.75) is 12.4 Å². The maximum atomic E-state index is 12.9. The number of rotatable bonds is 2. The number of hydrogen-bond donors (Lipinski definition) is 1. The Morgan fingerprint density at radius 1 is 0.833 bits per heavy atom. The summed E-state index contributed by atoms with van der Waals surface area (Å²) in [5.74, 6) is 0.211. The third kappa shape index (κ3) is 3.30. The van der Waals surface area contributed by atoms with Crippen LogP contribution in [0.3, 0.4) is 0 Å². The minimum atomic E-state index is -4.89. The Morgan fingerprint density at radius 2 is 1.42 bits per heavy atom. The molecule has 126 valence electrons. The summed E-state index contributed by atoms with van der Waals surface area (Å²) in [6, 6.07) is 8.24. The lowest BCUT2D eigenvalue weighted by Crippen LogP contribution is -2.11. The van der Waals surface area contributed by atoms with Gasteiger partial charge in [-0.1, -0.05) is 12.1 Å². The fourth-order valence-electron chi connectivity index (χ4n) is 2.14. The first kappa shape index (κ1) is 16.6. The van der Waals surface area contributed by atoms with E-state index in [9.17, 15) is 26.3 Å². The van der Waals surface area contributed by atoms with Crippen molar-refractivity contribution in [2.24, 2.45) is 0 Å². The van der Waals surface area contributed by atoms with Crippen LogP contribution in [0.15, 0.2) is 42.5 Å². The van der Waals surface area contributed by atoms with Crippen molar-refractivity contribution < 1.29 is 26.3 Å². The van der Waals surface area contributed by atoms with E-state index < -0.39 is 23.5 Å². The first-order valence-electron chi connectivity index (χ1n) is 6.55. The second-order valence-electron chi connectivity index (χ2n) is 4.95. The van der Waals surface area contributed by atoms with Crippen LogP contribution in [-0.4, -0.2) is 4.37 Å². The average molecular weight is 362 g/mol. The highest BCUT2D eigenvalue weighted by molar-refractivity contribution is 7.13. The molecule has 0 spiro atoms. The molecule has 0 aliphatic rings. The SMILES string of the molecule is FC(F)(F)c1cc(Nc2nsc3ccccc23)cc(C(F)(F)F)c1. The van der Waals surface area contributed by atoms with Crippen molar-refractivity contribution in [3.8, 4) is 0 Å². The third-order valence-corrected chi connectivity index (χ3v) is 4.05. The van der Waals surface area contributed by atoms with Crippen LogP contribution >= 0.6 is 11.5 Å².